The molecular formula is C28H33N7O. The van der Waals surface area contributed by atoms with Crippen LogP contribution in [0.5, 0.6) is 0 Å². The number of para-hydroxylation sites is 1. The monoisotopic (exact) mass is 483 g/mol. The van der Waals surface area contributed by atoms with E-state index in [9.17, 15) is 4.79 Å². The Hall–Kier alpha value is -4.17. The van der Waals surface area contributed by atoms with E-state index in [1.807, 2.05) is 54.6 Å². The van der Waals surface area contributed by atoms with E-state index in [1.54, 1.807) is 6.33 Å². The van der Waals surface area contributed by atoms with Crippen molar-refractivity contribution in [2.75, 3.05) is 55.0 Å². The summed E-state index contributed by atoms with van der Waals surface area (Å²) >= 11 is 0. The fourth-order valence-corrected chi connectivity index (χ4v) is 3.83. The lowest BCUT2D eigenvalue weighted by Gasteiger charge is -2.12. The van der Waals surface area contributed by atoms with Crippen molar-refractivity contribution >= 4 is 39.8 Å². The zero-order chi connectivity index (χ0) is 25.2. The summed E-state index contributed by atoms with van der Waals surface area (Å²) in [5, 5.41) is 13.6. The van der Waals surface area contributed by atoms with Gasteiger partial charge in [0.05, 0.1) is 5.52 Å². The van der Waals surface area contributed by atoms with Crippen molar-refractivity contribution in [2.24, 2.45) is 0 Å². The number of fused-ring (bicyclic) bond motifs is 1. The molecule has 0 aliphatic carbocycles. The molecule has 1 heterocycles. The van der Waals surface area contributed by atoms with Crippen LogP contribution in [0.3, 0.4) is 0 Å². The number of hydrogen-bond acceptors (Lipinski definition) is 6. The fraction of sp³-hybridized carbons (Fsp3) is 0.250. The minimum atomic E-state index is -0.266. The average molecular weight is 484 g/mol. The van der Waals surface area contributed by atoms with Gasteiger partial charge in [0.15, 0.2) is 0 Å². The van der Waals surface area contributed by atoms with Crippen LogP contribution in [-0.4, -0.2) is 54.6 Å². The van der Waals surface area contributed by atoms with E-state index in [2.05, 4.69) is 68.4 Å². The second-order valence-corrected chi connectivity index (χ2v) is 8.86. The van der Waals surface area contributed by atoms with Gasteiger partial charge in [-0.1, -0.05) is 30.3 Å². The molecule has 0 unspecified atom stereocenters. The van der Waals surface area contributed by atoms with Gasteiger partial charge in [-0.15, -0.1) is 0 Å². The maximum Gasteiger partial charge on any atom is 0.323 e. The summed E-state index contributed by atoms with van der Waals surface area (Å²) in [6, 6.07) is 23.2. The van der Waals surface area contributed by atoms with Crippen LogP contribution in [0, 0.1) is 0 Å². The molecule has 0 bridgehead atoms. The maximum absolute atomic E-state index is 12.2. The van der Waals surface area contributed by atoms with Gasteiger partial charge in [0, 0.05) is 35.5 Å². The van der Waals surface area contributed by atoms with Gasteiger partial charge >= 0.3 is 6.03 Å². The Morgan fingerprint density at radius 3 is 2.28 bits per heavy atom. The lowest BCUT2D eigenvalue weighted by molar-refractivity contribution is 0.262. The van der Waals surface area contributed by atoms with E-state index in [1.165, 1.54) is 5.56 Å². The highest BCUT2D eigenvalue weighted by molar-refractivity contribution is 5.99. The summed E-state index contributed by atoms with van der Waals surface area (Å²) < 4.78 is 0. The molecule has 0 radical (unpaired) electrons. The Labute approximate surface area is 212 Å². The largest absolute Gasteiger partial charge is 0.385 e. The lowest BCUT2D eigenvalue weighted by atomic mass is 10.1. The predicted molar refractivity (Wildman–Crippen MR) is 149 cm³/mol. The fourth-order valence-electron chi connectivity index (χ4n) is 3.83. The first-order valence-corrected chi connectivity index (χ1v) is 12.2. The summed E-state index contributed by atoms with van der Waals surface area (Å²) in [4.78, 5) is 23.2. The van der Waals surface area contributed by atoms with E-state index < -0.39 is 0 Å². The van der Waals surface area contributed by atoms with Gasteiger partial charge < -0.3 is 26.2 Å². The summed E-state index contributed by atoms with van der Waals surface area (Å²) in [5.74, 6) is 0.829. The van der Waals surface area contributed by atoms with Gasteiger partial charge in [-0.2, -0.15) is 0 Å². The van der Waals surface area contributed by atoms with Crippen molar-refractivity contribution in [1.82, 2.24) is 14.9 Å². The van der Waals surface area contributed by atoms with Crippen LogP contribution in [0.4, 0.5) is 27.7 Å². The number of amides is 2. The molecule has 4 N–H and O–H groups in total. The van der Waals surface area contributed by atoms with Crippen molar-refractivity contribution < 1.29 is 4.79 Å². The number of nitrogens with one attached hydrogen (secondary N) is 4. The number of carbonyl (C=O) groups is 1. The third kappa shape index (κ3) is 7.41. The molecule has 8 nitrogen and oxygen atoms in total. The lowest BCUT2D eigenvalue weighted by Crippen LogP contribution is -2.19. The predicted octanol–water partition coefficient (Wildman–Crippen LogP) is 5.29. The Bertz CT molecular complexity index is 1260. The van der Waals surface area contributed by atoms with Crippen LogP contribution in [0.15, 0.2) is 79.1 Å². The van der Waals surface area contributed by atoms with Crippen LogP contribution in [0.25, 0.3) is 10.9 Å². The van der Waals surface area contributed by atoms with Crippen LogP contribution in [0.2, 0.25) is 0 Å². The topological polar surface area (TPSA) is 94.2 Å². The number of hydrogen-bond donors (Lipinski definition) is 4. The molecule has 0 saturated heterocycles. The first-order valence-electron chi connectivity index (χ1n) is 12.2. The van der Waals surface area contributed by atoms with Gasteiger partial charge in [0.1, 0.15) is 12.1 Å². The number of benzene rings is 3. The Kier molecular flexibility index (Phi) is 8.67. The molecule has 3 aromatic carbocycles. The van der Waals surface area contributed by atoms with Gasteiger partial charge in [0.25, 0.3) is 0 Å². The van der Waals surface area contributed by atoms with Crippen LogP contribution in [0.1, 0.15) is 12.0 Å². The summed E-state index contributed by atoms with van der Waals surface area (Å²) in [6.45, 7) is 2.71. The molecule has 8 heteroatoms. The number of anilines is 4. The second-order valence-electron chi connectivity index (χ2n) is 8.86. The smallest absolute Gasteiger partial charge is 0.323 e. The number of urea groups is 1. The number of carbonyl (C=O) groups excluding carboxylic acids is 1. The zero-order valence-electron chi connectivity index (χ0n) is 20.8. The van der Waals surface area contributed by atoms with Gasteiger partial charge in [0.2, 0.25) is 0 Å². The first-order chi connectivity index (χ1) is 17.6. The molecule has 4 aromatic rings. The molecule has 0 saturated carbocycles. The van der Waals surface area contributed by atoms with Gasteiger partial charge in [-0.25, -0.2) is 14.8 Å². The highest BCUT2D eigenvalue weighted by Gasteiger charge is 2.06. The minimum Gasteiger partial charge on any atom is -0.385 e. The number of aromatic nitrogens is 2. The van der Waals surface area contributed by atoms with Gasteiger partial charge in [-0.3, -0.25) is 0 Å². The van der Waals surface area contributed by atoms with E-state index in [0.717, 1.165) is 66.3 Å². The Morgan fingerprint density at radius 2 is 1.53 bits per heavy atom. The maximum atomic E-state index is 12.2. The zero-order valence-corrected chi connectivity index (χ0v) is 20.8. The Balaban J connectivity index is 1.26. The molecule has 0 aliphatic heterocycles. The van der Waals surface area contributed by atoms with Crippen LogP contribution >= 0.6 is 0 Å². The summed E-state index contributed by atoms with van der Waals surface area (Å²) in [6.07, 6.45) is 3.51. The number of nitrogens with zero attached hydrogens (tertiary/aromatic N) is 3. The third-order valence-electron chi connectivity index (χ3n) is 5.70. The highest BCUT2D eigenvalue weighted by atomic mass is 16.2. The quantitative estimate of drug-likeness (QED) is 0.217. The third-order valence-corrected chi connectivity index (χ3v) is 5.70. The Morgan fingerprint density at radius 1 is 0.806 bits per heavy atom. The van der Waals surface area contributed by atoms with E-state index in [0.29, 0.717) is 0 Å². The molecule has 1 aromatic heterocycles. The molecular weight excluding hydrogens is 450 g/mol. The van der Waals surface area contributed by atoms with Crippen LogP contribution < -0.4 is 21.3 Å². The minimum absolute atomic E-state index is 0.266. The van der Waals surface area contributed by atoms with Crippen molar-refractivity contribution in [3.05, 3.63) is 84.7 Å². The first kappa shape index (κ1) is 24.9. The normalized spacial score (nSPS) is 10.9. The summed E-state index contributed by atoms with van der Waals surface area (Å²) in [7, 11) is 4.17. The van der Waals surface area contributed by atoms with Crippen molar-refractivity contribution in [1.29, 1.82) is 0 Å². The standard InChI is InChI=1S/C28H33N7O/c1-35(2)18-6-16-29-24-13-14-25-26(19-24)31-20-32-27(25)30-17-15-21-9-11-23(12-10-21)34-28(36)33-22-7-4-3-5-8-22/h3-5,7-14,19-20,29H,6,15-18H2,1-2H3,(H,30,31,32)(H2,33,34,36). The van der Waals surface area contributed by atoms with E-state index in [-0.39, 0.29) is 6.03 Å². The highest BCUT2D eigenvalue weighted by Crippen LogP contribution is 2.23. The molecule has 4 rings (SSSR count). The molecule has 0 fully saturated rings. The van der Waals surface area contributed by atoms with E-state index in [4.69, 9.17) is 0 Å². The molecule has 0 atom stereocenters. The SMILES string of the molecule is CN(C)CCCNc1ccc2c(NCCc3ccc(NC(=O)Nc4ccccc4)cc3)ncnc2c1. The second kappa shape index (κ2) is 12.5. The molecule has 0 spiro atoms. The van der Waals surface area contributed by atoms with Crippen molar-refractivity contribution in [3.63, 3.8) is 0 Å². The van der Waals surface area contributed by atoms with Crippen molar-refractivity contribution in [3.8, 4) is 0 Å². The molecule has 36 heavy (non-hydrogen) atoms. The van der Waals surface area contributed by atoms with E-state index >= 15 is 0 Å². The molecule has 0 aliphatic rings. The molecule has 186 valence electrons. The average Bonchev–Trinajstić information content (AvgIpc) is 2.88. The molecule has 2 amide bonds. The van der Waals surface area contributed by atoms with Crippen LogP contribution in [-0.2, 0) is 6.42 Å². The summed E-state index contributed by atoms with van der Waals surface area (Å²) in [5.41, 5.74) is 4.64. The van der Waals surface area contributed by atoms with Gasteiger partial charge in [-0.05, 0) is 81.5 Å². The number of rotatable bonds is 11. The van der Waals surface area contributed by atoms with Crippen molar-refractivity contribution in [2.45, 2.75) is 12.8 Å².